The minimum Gasteiger partial charge on any atom is -0.497 e. The predicted molar refractivity (Wildman–Crippen MR) is 149 cm³/mol. The molecule has 0 N–H and O–H groups in total. The van der Waals surface area contributed by atoms with Gasteiger partial charge in [-0.3, -0.25) is 9.69 Å². The molecule has 36 heavy (non-hydrogen) atoms. The van der Waals surface area contributed by atoms with Crippen molar-refractivity contribution in [2.75, 3.05) is 13.7 Å². The summed E-state index contributed by atoms with van der Waals surface area (Å²) >= 11 is 12.7. The second-order valence-electron chi connectivity index (χ2n) is 9.67. The highest BCUT2D eigenvalue weighted by atomic mass is 35.5. The molecule has 5 rings (SSSR count). The van der Waals surface area contributed by atoms with E-state index in [-0.39, 0.29) is 17.9 Å². The van der Waals surface area contributed by atoms with Gasteiger partial charge in [0.15, 0.2) is 5.78 Å². The summed E-state index contributed by atoms with van der Waals surface area (Å²) in [5.41, 5.74) is 4.39. The number of ether oxygens (including phenoxy) is 1. The van der Waals surface area contributed by atoms with Gasteiger partial charge in [-0.05, 0) is 90.0 Å². The maximum Gasteiger partial charge on any atom is 0.159 e. The van der Waals surface area contributed by atoms with Crippen LogP contribution in [0.2, 0.25) is 10.0 Å². The number of hydrogen-bond acceptors (Lipinski definition) is 3. The third-order valence-electron chi connectivity index (χ3n) is 7.45. The van der Waals surface area contributed by atoms with Crippen LogP contribution in [0.5, 0.6) is 5.75 Å². The van der Waals surface area contributed by atoms with Crippen molar-refractivity contribution in [3.05, 3.63) is 111 Å². The first-order valence-corrected chi connectivity index (χ1v) is 13.0. The van der Waals surface area contributed by atoms with E-state index in [1.807, 2.05) is 30.3 Å². The van der Waals surface area contributed by atoms with Crippen LogP contribution < -0.4 is 4.74 Å². The molecule has 1 heterocycles. The van der Waals surface area contributed by atoms with Gasteiger partial charge >= 0.3 is 0 Å². The summed E-state index contributed by atoms with van der Waals surface area (Å²) in [5, 5.41) is 3.69. The van der Waals surface area contributed by atoms with Crippen LogP contribution >= 0.6 is 23.2 Å². The molecule has 1 aliphatic heterocycles. The van der Waals surface area contributed by atoms with Crippen LogP contribution in [-0.2, 0) is 0 Å². The number of Topliss-reactive ketones (excluding diaryl/α,β-unsaturated/α-hetero) is 1. The van der Waals surface area contributed by atoms with E-state index in [0.29, 0.717) is 16.0 Å². The Balaban J connectivity index is 1.52. The van der Waals surface area contributed by atoms with Crippen LogP contribution in [0.25, 0.3) is 10.8 Å². The molecule has 4 aromatic rings. The van der Waals surface area contributed by atoms with Crippen molar-refractivity contribution < 1.29 is 9.53 Å². The second kappa shape index (κ2) is 10.3. The maximum atomic E-state index is 11.8. The number of ketones is 1. The zero-order valence-electron chi connectivity index (χ0n) is 20.7. The Morgan fingerprint density at radius 2 is 1.56 bits per heavy atom. The molecule has 5 heteroatoms. The summed E-state index contributed by atoms with van der Waals surface area (Å²) in [6, 6.07) is 27.2. The number of fused-ring (bicyclic) bond motifs is 1. The molecule has 3 nitrogen and oxygen atoms in total. The standard InChI is InChI=1S/C31H29Cl2NO2/c1-19(21-4-6-22(7-5-21)20(2)35)34-18-27(26-13-28(32)17-29(33)14-26)16-31(34)25-9-8-24-15-30(36-3)11-10-23(24)12-25/h4-15,17,19,27,31H,16,18H2,1-3H3/t19?,27-,31+/m0/s1. The fraction of sp³-hybridized carbons (Fsp3) is 0.258. The molecule has 0 aliphatic carbocycles. The van der Waals surface area contributed by atoms with E-state index in [2.05, 4.69) is 54.3 Å². The summed E-state index contributed by atoms with van der Waals surface area (Å²) in [5.74, 6) is 1.24. The number of hydrogen-bond donors (Lipinski definition) is 0. The molecule has 0 bridgehead atoms. The Kier molecular flexibility index (Phi) is 7.07. The molecule has 0 aromatic heterocycles. The first-order valence-electron chi connectivity index (χ1n) is 12.2. The van der Waals surface area contributed by atoms with Gasteiger partial charge in [-0.25, -0.2) is 0 Å². The fourth-order valence-electron chi connectivity index (χ4n) is 5.43. The molecule has 1 unspecified atom stereocenters. The summed E-state index contributed by atoms with van der Waals surface area (Å²) in [4.78, 5) is 14.3. The zero-order chi connectivity index (χ0) is 25.4. The molecule has 0 radical (unpaired) electrons. The van der Waals surface area contributed by atoms with Crippen molar-refractivity contribution >= 4 is 39.8 Å². The van der Waals surface area contributed by atoms with Crippen molar-refractivity contribution in [1.29, 1.82) is 0 Å². The van der Waals surface area contributed by atoms with Crippen molar-refractivity contribution in [3.63, 3.8) is 0 Å². The predicted octanol–water partition coefficient (Wildman–Crippen LogP) is 8.65. The van der Waals surface area contributed by atoms with Gasteiger partial charge in [0.1, 0.15) is 5.75 Å². The lowest BCUT2D eigenvalue weighted by Crippen LogP contribution is -2.27. The summed E-state index contributed by atoms with van der Waals surface area (Å²) in [7, 11) is 1.69. The van der Waals surface area contributed by atoms with E-state index in [9.17, 15) is 4.79 Å². The summed E-state index contributed by atoms with van der Waals surface area (Å²) in [6.07, 6.45) is 0.966. The molecule has 184 valence electrons. The Morgan fingerprint density at radius 3 is 2.22 bits per heavy atom. The van der Waals surface area contributed by atoms with E-state index in [0.717, 1.165) is 29.7 Å². The molecule has 1 aliphatic rings. The lowest BCUT2D eigenvalue weighted by atomic mass is 9.93. The van der Waals surface area contributed by atoms with Gasteiger partial charge in [0.05, 0.1) is 7.11 Å². The average molecular weight is 518 g/mol. The quantitative estimate of drug-likeness (QED) is 0.239. The number of carbonyl (C=O) groups excluding carboxylic acids is 1. The van der Waals surface area contributed by atoms with Gasteiger partial charge in [0.25, 0.3) is 0 Å². The topological polar surface area (TPSA) is 29.5 Å². The van der Waals surface area contributed by atoms with E-state index < -0.39 is 0 Å². The molecular formula is C31H29Cl2NO2. The number of halogens is 2. The molecule has 3 atom stereocenters. The Hall–Kier alpha value is -2.85. The minimum atomic E-state index is 0.0824. The van der Waals surface area contributed by atoms with Crippen molar-refractivity contribution in [2.45, 2.75) is 38.3 Å². The maximum absolute atomic E-state index is 11.8. The third-order valence-corrected chi connectivity index (χ3v) is 7.89. The molecule has 1 fully saturated rings. The first-order chi connectivity index (χ1) is 17.3. The molecule has 4 aromatic carbocycles. The highest BCUT2D eigenvalue weighted by Gasteiger charge is 2.37. The number of likely N-dealkylation sites (tertiary alicyclic amines) is 1. The SMILES string of the molecule is COc1ccc2cc([C@H]3C[C@H](c4cc(Cl)cc(Cl)c4)CN3C(C)c3ccc(C(C)=O)cc3)ccc2c1. The van der Waals surface area contributed by atoms with Gasteiger partial charge in [-0.1, -0.05) is 65.7 Å². The Labute approximate surface area is 222 Å². The third kappa shape index (κ3) is 5.01. The highest BCUT2D eigenvalue weighted by Crippen LogP contribution is 2.46. The van der Waals surface area contributed by atoms with Crippen LogP contribution in [0.3, 0.4) is 0 Å². The van der Waals surface area contributed by atoms with E-state index in [1.165, 1.54) is 22.1 Å². The van der Waals surface area contributed by atoms with Crippen molar-refractivity contribution in [1.82, 2.24) is 4.90 Å². The number of benzene rings is 4. The number of nitrogens with zero attached hydrogens (tertiary/aromatic N) is 1. The van der Waals surface area contributed by atoms with Gasteiger partial charge < -0.3 is 4.74 Å². The van der Waals surface area contributed by atoms with Crippen LogP contribution in [0, 0.1) is 0 Å². The van der Waals surface area contributed by atoms with Crippen LogP contribution in [-0.4, -0.2) is 24.3 Å². The van der Waals surface area contributed by atoms with Crippen LogP contribution in [0.15, 0.2) is 78.9 Å². The largest absolute Gasteiger partial charge is 0.497 e. The summed E-state index contributed by atoms with van der Waals surface area (Å²) < 4.78 is 5.40. The van der Waals surface area contributed by atoms with Crippen LogP contribution in [0.4, 0.5) is 0 Å². The first kappa shape index (κ1) is 24.8. The van der Waals surface area contributed by atoms with Crippen molar-refractivity contribution in [2.24, 2.45) is 0 Å². The lowest BCUT2D eigenvalue weighted by molar-refractivity contribution is 0.101. The number of methoxy groups -OCH3 is 1. The lowest BCUT2D eigenvalue weighted by Gasteiger charge is -2.31. The normalized spacial score (nSPS) is 18.9. The van der Waals surface area contributed by atoms with Crippen LogP contribution in [0.1, 0.15) is 65.3 Å². The fourth-order valence-corrected chi connectivity index (χ4v) is 5.98. The van der Waals surface area contributed by atoms with Gasteiger partial charge in [-0.15, -0.1) is 0 Å². The van der Waals surface area contributed by atoms with Crippen molar-refractivity contribution in [3.8, 4) is 5.75 Å². The van der Waals surface area contributed by atoms with Gasteiger partial charge in [-0.2, -0.15) is 0 Å². The molecule has 0 saturated carbocycles. The van der Waals surface area contributed by atoms with E-state index >= 15 is 0 Å². The number of rotatable bonds is 6. The average Bonchev–Trinajstić information content (AvgIpc) is 3.33. The highest BCUT2D eigenvalue weighted by molar-refractivity contribution is 6.34. The molecule has 0 amide bonds. The summed E-state index contributed by atoms with van der Waals surface area (Å²) in [6.45, 7) is 4.73. The Morgan fingerprint density at radius 1 is 0.889 bits per heavy atom. The van der Waals surface area contributed by atoms with E-state index in [1.54, 1.807) is 20.1 Å². The Bertz CT molecular complexity index is 1400. The second-order valence-corrected chi connectivity index (χ2v) is 10.5. The molecular weight excluding hydrogens is 489 g/mol. The minimum absolute atomic E-state index is 0.0824. The van der Waals surface area contributed by atoms with E-state index in [4.69, 9.17) is 27.9 Å². The zero-order valence-corrected chi connectivity index (χ0v) is 22.2. The monoisotopic (exact) mass is 517 g/mol. The smallest absolute Gasteiger partial charge is 0.159 e. The molecule has 0 spiro atoms. The molecule has 1 saturated heterocycles. The van der Waals surface area contributed by atoms with Gasteiger partial charge in [0, 0.05) is 34.2 Å². The number of carbonyl (C=O) groups is 1. The van der Waals surface area contributed by atoms with Gasteiger partial charge in [0.2, 0.25) is 0 Å².